The average molecular weight is 491 g/mol. The highest BCUT2D eigenvalue weighted by Crippen LogP contribution is 2.28. The smallest absolute Gasteiger partial charge is 0.279 e. The molecule has 0 bridgehead atoms. The molecule has 2 amide bonds. The van der Waals surface area contributed by atoms with Crippen LogP contribution in [0.1, 0.15) is 40.1 Å². The highest BCUT2D eigenvalue weighted by Gasteiger charge is 2.17. The molecule has 0 fully saturated rings. The minimum Gasteiger partial charge on any atom is -0.493 e. The number of nitrogens with one attached hydrogen (secondary N) is 2. The summed E-state index contributed by atoms with van der Waals surface area (Å²) in [5.74, 6) is -0.488. The van der Waals surface area contributed by atoms with Gasteiger partial charge in [0.2, 0.25) is 0 Å². The van der Waals surface area contributed by atoms with Crippen LogP contribution in [0, 0.1) is 0 Å². The van der Waals surface area contributed by atoms with Crippen LogP contribution in [-0.4, -0.2) is 43.2 Å². The van der Waals surface area contributed by atoms with E-state index in [0.717, 1.165) is 0 Å². The number of hydrazine groups is 1. The van der Waals surface area contributed by atoms with Crippen molar-refractivity contribution in [2.45, 2.75) is 20.0 Å². The third-order valence-electron chi connectivity index (χ3n) is 5.09. The summed E-state index contributed by atoms with van der Waals surface area (Å²) in [5.41, 5.74) is 6.03. The predicted octanol–water partition coefficient (Wildman–Crippen LogP) is 3.12. The van der Waals surface area contributed by atoms with E-state index in [9.17, 15) is 19.2 Å². The first-order valence-electron chi connectivity index (χ1n) is 11.1. The van der Waals surface area contributed by atoms with Gasteiger partial charge in [0.1, 0.15) is 5.75 Å². The van der Waals surface area contributed by atoms with Crippen LogP contribution in [0.25, 0.3) is 0 Å². The van der Waals surface area contributed by atoms with Crippen LogP contribution in [0.3, 0.4) is 0 Å². The Kier molecular flexibility index (Phi) is 8.77. The van der Waals surface area contributed by atoms with Crippen molar-refractivity contribution in [3.63, 3.8) is 0 Å². The lowest BCUT2D eigenvalue weighted by molar-refractivity contribution is -0.133. The van der Waals surface area contributed by atoms with Crippen molar-refractivity contribution >= 4 is 23.4 Å². The summed E-state index contributed by atoms with van der Waals surface area (Å²) in [6, 6.07) is 19.9. The molecule has 0 radical (unpaired) electrons. The number of carbonyl (C=O) groups is 4. The molecular formula is C27H26N2O7. The van der Waals surface area contributed by atoms with E-state index in [1.165, 1.54) is 33.1 Å². The van der Waals surface area contributed by atoms with Crippen LogP contribution < -0.4 is 25.1 Å². The second kappa shape index (κ2) is 12.2. The Hall–Kier alpha value is -4.66. The Morgan fingerprint density at radius 1 is 0.806 bits per heavy atom. The fourth-order valence-corrected chi connectivity index (χ4v) is 3.12. The SMILES string of the molecule is COc1cc(C(C)=O)ccc1OCC(=O)NNC(=O)C(C)Oc1ccc(C(=O)c2ccccc2)cc1. The molecule has 36 heavy (non-hydrogen) atoms. The maximum atomic E-state index is 12.5. The van der Waals surface area contributed by atoms with Gasteiger partial charge in [-0.15, -0.1) is 0 Å². The number of amides is 2. The topological polar surface area (TPSA) is 120 Å². The summed E-state index contributed by atoms with van der Waals surface area (Å²) in [5, 5.41) is 0. The minimum atomic E-state index is -0.930. The van der Waals surface area contributed by atoms with Crippen LogP contribution >= 0.6 is 0 Å². The zero-order valence-corrected chi connectivity index (χ0v) is 20.1. The molecule has 0 spiro atoms. The third-order valence-corrected chi connectivity index (χ3v) is 5.09. The van der Waals surface area contributed by atoms with Crippen molar-refractivity contribution in [3.05, 3.63) is 89.5 Å². The Morgan fingerprint density at radius 2 is 1.44 bits per heavy atom. The number of carbonyl (C=O) groups excluding carboxylic acids is 4. The lowest BCUT2D eigenvalue weighted by Gasteiger charge is -2.16. The summed E-state index contributed by atoms with van der Waals surface area (Å²) in [4.78, 5) is 48.3. The molecule has 1 unspecified atom stereocenters. The highest BCUT2D eigenvalue weighted by atomic mass is 16.5. The normalized spacial score (nSPS) is 11.1. The molecule has 0 heterocycles. The molecule has 0 aliphatic carbocycles. The lowest BCUT2D eigenvalue weighted by Crippen LogP contribution is -2.48. The van der Waals surface area contributed by atoms with Crippen LogP contribution in [0.5, 0.6) is 17.2 Å². The van der Waals surface area contributed by atoms with Gasteiger partial charge in [0.15, 0.2) is 35.8 Å². The number of rotatable bonds is 10. The Bertz CT molecular complexity index is 1240. The quantitative estimate of drug-likeness (QED) is 0.331. The molecule has 3 aromatic rings. The first kappa shape index (κ1) is 26.0. The number of methoxy groups -OCH3 is 1. The van der Waals surface area contributed by atoms with Crippen molar-refractivity contribution in [2.24, 2.45) is 0 Å². The molecule has 0 aliphatic rings. The van der Waals surface area contributed by atoms with Crippen molar-refractivity contribution in [1.29, 1.82) is 0 Å². The molecule has 0 saturated carbocycles. The van der Waals surface area contributed by atoms with Gasteiger partial charge in [-0.05, 0) is 56.3 Å². The van der Waals surface area contributed by atoms with E-state index >= 15 is 0 Å². The van der Waals surface area contributed by atoms with Crippen LogP contribution in [0.15, 0.2) is 72.8 Å². The van der Waals surface area contributed by atoms with Crippen LogP contribution in [0.4, 0.5) is 0 Å². The predicted molar refractivity (Wildman–Crippen MR) is 131 cm³/mol. The Morgan fingerprint density at radius 3 is 2.08 bits per heavy atom. The summed E-state index contributed by atoms with van der Waals surface area (Å²) < 4.78 is 16.2. The van der Waals surface area contributed by atoms with Gasteiger partial charge >= 0.3 is 0 Å². The van der Waals surface area contributed by atoms with Crippen molar-refractivity contribution in [3.8, 4) is 17.2 Å². The van der Waals surface area contributed by atoms with Gasteiger partial charge in [-0.1, -0.05) is 30.3 Å². The van der Waals surface area contributed by atoms with Crippen molar-refractivity contribution < 1.29 is 33.4 Å². The molecule has 3 rings (SSSR count). The minimum absolute atomic E-state index is 0.120. The molecule has 3 aromatic carbocycles. The summed E-state index contributed by atoms with van der Waals surface area (Å²) in [7, 11) is 1.42. The fraction of sp³-hybridized carbons (Fsp3) is 0.185. The summed E-state index contributed by atoms with van der Waals surface area (Å²) in [6.45, 7) is 2.54. The molecule has 0 saturated heterocycles. The van der Waals surface area contributed by atoms with E-state index in [2.05, 4.69) is 10.9 Å². The van der Waals surface area contributed by atoms with Crippen molar-refractivity contribution in [1.82, 2.24) is 10.9 Å². The molecule has 9 heteroatoms. The number of ether oxygens (including phenoxy) is 3. The van der Waals surface area contributed by atoms with Crippen molar-refractivity contribution in [2.75, 3.05) is 13.7 Å². The van der Waals surface area contributed by atoms with Crippen LogP contribution in [0.2, 0.25) is 0 Å². The molecule has 0 aliphatic heterocycles. The zero-order valence-electron chi connectivity index (χ0n) is 20.1. The lowest BCUT2D eigenvalue weighted by atomic mass is 10.0. The number of Topliss-reactive ketones (excluding diaryl/α,β-unsaturated/α-hetero) is 1. The maximum absolute atomic E-state index is 12.5. The van der Waals surface area contributed by atoms with E-state index in [4.69, 9.17) is 14.2 Å². The summed E-state index contributed by atoms with van der Waals surface area (Å²) in [6.07, 6.45) is -0.930. The fourth-order valence-electron chi connectivity index (χ4n) is 3.12. The maximum Gasteiger partial charge on any atom is 0.279 e. The molecule has 2 N–H and O–H groups in total. The second-order valence-electron chi connectivity index (χ2n) is 7.73. The molecule has 9 nitrogen and oxygen atoms in total. The molecule has 1 atom stereocenters. The first-order valence-corrected chi connectivity index (χ1v) is 11.1. The number of ketones is 2. The van der Waals surface area contributed by atoms with Gasteiger partial charge in [-0.25, -0.2) is 0 Å². The second-order valence-corrected chi connectivity index (χ2v) is 7.73. The van der Waals surface area contributed by atoms with E-state index < -0.39 is 24.5 Å². The van der Waals surface area contributed by atoms with Gasteiger partial charge in [-0.3, -0.25) is 30.0 Å². The first-order chi connectivity index (χ1) is 17.3. The largest absolute Gasteiger partial charge is 0.493 e. The summed E-state index contributed by atoms with van der Waals surface area (Å²) >= 11 is 0. The number of hydrogen-bond acceptors (Lipinski definition) is 7. The van der Waals surface area contributed by atoms with Gasteiger partial charge in [0, 0.05) is 16.7 Å². The number of hydrogen-bond donors (Lipinski definition) is 2. The number of benzene rings is 3. The molecule has 186 valence electrons. The average Bonchev–Trinajstić information content (AvgIpc) is 2.90. The van der Waals surface area contributed by atoms with E-state index in [1.54, 1.807) is 54.6 Å². The molecular weight excluding hydrogens is 464 g/mol. The van der Waals surface area contributed by atoms with Gasteiger partial charge in [-0.2, -0.15) is 0 Å². The third kappa shape index (κ3) is 6.92. The van der Waals surface area contributed by atoms with Gasteiger partial charge < -0.3 is 14.2 Å². The standard InChI is InChI=1S/C27H26N2O7/c1-17(30)21-11-14-23(24(15-21)34-3)35-16-25(31)28-29-27(33)18(2)36-22-12-9-20(10-13-22)26(32)19-7-5-4-6-8-19/h4-15,18H,16H2,1-3H3,(H,28,31)(H,29,33). The highest BCUT2D eigenvalue weighted by molar-refractivity contribution is 6.09. The Labute approximate surface area is 208 Å². The van der Waals surface area contributed by atoms with E-state index in [-0.39, 0.29) is 17.3 Å². The monoisotopic (exact) mass is 490 g/mol. The van der Waals surface area contributed by atoms with Gasteiger partial charge in [0.05, 0.1) is 7.11 Å². The molecule has 0 aromatic heterocycles. The van der Waals surface area contributed by atoms with Gasteiger partial charge in [0.25, 0.3) is 11.8 Å². The Balaban J connectivity index is 1.46. The zero-order chi connectivity index (χ0) is 26.1. The van der Waals surface area contributed by atoms with E-state index in [0.29, 0.717) is 28.2 Å². The van der Waals surface area contributed by atoms with E-state index in [1.807, 2.05) is 6.07 Å². The van der Waals surface area contributed by atoms with Crippen LogP contribution in [-0.2, 0) is 9.59 Å².